The number of ether oxygens (including phenoxy) is 3. The summed E-state index contributed by atoms with van der Waals surface area (Å²) in [6.45, 7) is 19.8. The summed E-state index contributed by atoms with van der Waals surface area (Å²) in [6, 6.07) is 0. The van der Waals surface area contributed by atoms with Crippen molar-refractivity contribution in [2.24, 2.45) is 58.2 Å². The molecule has 4 rings (SSSR count). The van der Waals surface area contributed by atoms with Gasteiger partial charge >= 0.3 is 0 Å². The first-order valence-corrected chi connectivity index (χ1v) is 18.9. The van der Waals surface area contributed by atoms with Gasteiger partial charge in [0.25, 0.3) is 5.95 Å². The molecule has 4 saturated carbocycles. The maximum Gasteiger partial charge on any atom is 0.261 e. The van der Waals surface area contributed by atoms with Crippen LogP contribution in [-0.4, -0.2) is 35.4 Å². The average Bonchev–Trinajstić information content (AvgIpc) is 3.19. The zero-order valence-corrected chi connectivity index (χ0v) is 26.8. The molecule has 0 spiro atoms. The van der Waals surface area contributed by atoms with Crippen molar-refractivity contribution in [3.63, 3.8) is 0 Å². The third kappa shape index (κ3) is 5.44. The minimum absolute atomic E-state index is 0.331. The summed E-state index contributed by atoms with van der Waals surface area (Å²) in [5, 5.41) is 0. The van der Waals surface area contributed by atoms with E-state index in [9.17, 15) is 0 Å². The van der Waals surface area contributed by atoms with E-state index in [2.05, 4.69) is 60.3 Å². The molecule has 0 saturated heterocycles. The van der Waals surface area contributed by atoms with E-state index < -0.39 is 8.32 Å². The van der Waals surface area contributed by atoms with Crippen LogP contribution < -0.4 is 0 Å². The quantitative estimate of drug-likeness (QED) is 0.169. The highest BCUT2D eigenvalue weighted by Crippen LogP contribution is 2.70. The molecule has 0 radical (unpaired) electrons. The van der Waals surface area contributed by atoms with Gasteiger partial charge in [-0.25, -0.2) is 0 Å². The summed E-state index contributed by atoms with van der Waals surface area (Å²) in [6.07, 6.45) is 13.4. The highest BCUT2D eigenvalue weighted by Gasteiger charge is 2.65. The Labute approximate surface area is 229 Å². The van der Waals surface area contributed by atoms with E-state index in [1.807, 2.05) is 0 Å². The Hall–Kier alpha value is -0.523. The second kappa shape index (κ2) is 11.2. The number of rotatable bonds is 9. The van der Waals surface area contributed by atoms with Crippen LogP contribution in [0.1, 0.15) is 86.0 Å². The van der Waals surface area contributed by atoms with E-state index in [1.54, 1.807) is 14.2 Å². The van der Waals surface area contributed by atoms with Gasteiger partial charge in [0, 0.05) is 7.11 Å². The SMILES string of the molecule is CC[C@H]1C(OCOC)C2C3CC[C@H]([C@H](C)C=C(OC)O[Si](C)(C)C)[C@@]3(C)CCC2[C@@]2(C)CC[C@@H](C)C[C@@H]12. The van der Waals surface area contributed by atoms with Crippen LogP contribution in [0.4, 0.5) is 0 Å². The Bertz CT molecular complexity index is 807. The lowest BCUT2D eigenvalue weighted by atomic mass is 9.41. The van der Waals surface area contributed by atoms with Gasteiger partial charge in [0.1, 0.15) is 6.79 Å². The highest BCUT2D eigenvalue weighted by atomic mass is 28.4. The summed E-state index contributed by atoms with van der Waals surface area (Å²) in [5.41, 5.74) is 0.803. The fourth-order valence-electron chi connectivity index (χ4n) is 10.2. The van der Waals surface area contributed by atoms with Crippen LogP contribution in [0.2, 0.25) is 19.6 Å². The molecular formula is C32H58O4Si. The molecule has 4 unspecified atom stereocenters. The number of allylic oxidation sites excluding steroid dienone is 1. The average molecular weight is 535 g/mol. The lowest BCUT2D eigenvalue weighted by Crippen LogP contribution is -2.62. The van der Waals surface area contributed by atoms with Crippen molar-refractivity contribution in [2.75, 3.05) is 21.0 Å². The fourth-order valence-corrected chi connectivity index (χ4v) is 11.0. The fraction of sp³-hybridized carbons (Fsp3) is 0.938. The number of fused-ring (bicyclic) bond motifs is 5. The van der Waals surface area contributed by atoms with Gasteiger partial charge in [-0.05, 0) is 122 Å². The molecule has 0 aromatic heterocycles. The molecule has 0 aromatic rings. The van der Waals surface area contributed by atoms with Crippen molar-refractivity contribution >= 4 is 8.32 Å². The first-order chi connectivity index (χ1) is 17.4. The number of hydrogen-bond acceptors (Lipinski definition) is 4. The number of hydrogen-bond donors (Lipinski definition) is 0. The molecule has 0 bridgehead atoms. The molecule has 0 aliphatic heterocycles. The topological polar surface area (TPSA) is 36.9 Å². The van der Waals surface area contributed by atoms with Crippen molar-refractivity contribution in [3.05, 3.63) is 12.0 Å². The van der Waals surface area contributed by atoms with Crippen LogP contribution in [0, 0.1) is 58.2 Å². The first kappa shape index (κ1) is 29.5. The maximum atomic E-state index is 6.75. The monoisotopic (exact) mass is 534 g/mol. The predicted molar refractivity (Wildman–Crippen MR) is 154 cm³/mol. The normalized spacial score (nSPS) is 45.0. The molecule has 4 nitrogen and oxygen atoms in total. The standard InChI is InChI=1S/C32H58O4Si/c1-11-23-27-18-21(2)14-16-32(27,5)26-15-17-31(4)24(22(3)19-28(34-7)36-37(8,9)10)12-13-25(31)29(26)30(23)35-20-33-6/h19,21-27,29-30H,11-18,20H2,1-10H3/t21-,22-,23-,24-,25?,26?,27+,29?,30?,31-,32-/m1/s1. The van der Waals surface area contributed by atoms with Gasteiger partial charge in [0.2, 0.25) is 8.32 Å². The predicted octanol–water partition coefficient (Wildman–Crippen LogP) is 8.49. The maximum absolute atomic E-state index is 6.75. The minimum Gasteiger partial charge on any atom is -0.520 e. The highest BCUT2D eigenvalue weighted by molar-refractivity contribution is 6.70. The van der Waals surface area contributed by atoms with E-state index in [-0.39, 0.29) is 0 Å². The zero-order chi connectivity index (χ0) is 27.2. The molecule has 0 N–H and O–H groups in total. The second-order valence-corrected chi connectivity index (χ2v) is 19.3. The van der Waals surface area contributed by atoms with E-state index in [0.29, 0.717) is 47.4 Å². The summed E-state index contributed by atoms with van der Waals surface area (Å²) >= 11 is 0. The summed E-state index contributed by atoms with van der Waals surface area (Å²) in [4.78, 5) is 0. The third-order valence-corrected chi connectivity index (χ3v) is 12.6. The molecule has 0 heterocycles. The smallest absolute Gasteiger partial charge is 0.261 e. The lowest BCUT2D eigenvalue weighted by Gasteiger charge is -2.65. The van der Waals surface area contributed by atoms with E-state index >= 15 is 0 Å². The Balaban J connectivity index is 1.66. The van der Waals surface area contributed by atoms with Crippen LogP contribution in [0.3, 0.4) is 0 Å². The van der Waals surface area contributed by atoms with Crippen molar-refractivity contribution < 1.29 is 18.6 Å². The Kier molecular flexibility index (Phi) is 8.88. The van der Waals surface area contributed by atoms with Crippen molar-refractivity contribution in [1.29, 1.82) is 0 Å². The van der Waals surface area contributed by atoms with Crippen molar-refractivity contribution in [1.82, 2.24) is 0 Å². The van der Waals surface area contributed by atoms with E-state index in [4.69, 9.17) is 18.6 Å². The zero-order valence-electron chi connectivity index (χ0n) is 25.8. The van der Waals surface area contributed by atoms with Gasteiger partial charge in [-0.2, -0.15) is 0 Å². The van der Waals surface area contributed by atoms with Crippen molar-refractivity contribution in [2.45, 2.75) is 112 Å². The molecule has 0 amide bonds. The van der Waals surface area contributed by atoms with Crippen molar-refractivity contribution in [3.8, 4) is 0 Å². The molecule has 4 aliphatic carbocycles. The molecule has 0 aromatic carbocycles. The Morgan fingerprint density at radius 2 is 1.65 bits per heavy atom. The molecule has 5 heteroatoms. The van der Waals surface area contributed by atoms with E-state index in [1.165, 1.54) is 51.4 Å². The Morgan fingerprint density at radius 1 is 0.973 bits per heavy atom. The summed E-state index contributed by atoms with van der Waals surface area (Å²) in [7, 11) is 1.84. The Morgan fingerprint density at radius 3 is 2.27 bits per heavy atom. The lowest BCUT2D eigenvalue weighted by molar-refractivity contribution is -0.231. The van der Waals surface area contributed by atoms with Crippen LogP contribution in [-0.2, 0) is 18.6 Å². The van der Waals surface area contributed by atoms with Crippen LogP contribution in [0.5, 0.6) is 0 Å². The molecule has 11 atom stereocenters. The largest absolute Gasteiger partial charge is 0.520 e. The minimum atomic E-state index is -1.71. The van der Waals surface area contributed by atoms with Crippen LogP contribution >= 0.6 is 0 Å². The van der Waals surface area contributed by atoms with E-state index in [0.717, 1.165) is 29.6 Å². The van der Waals surface area contributed by atoms with Crippen LogP contribution in [0.25, 0.3) is 0 Å². The van der Waals surface area contributed by atoms with Gasteiger partial charge < -0.3 is 18.6 Å². The van der Waals surface area contributed by atoms with Gasteiger partial charge in [0.05, 0.1) is 13.2 Å². The van der Waals surface area contributed by atoms with Gasteiger partial charge in [0.15, 0.2) is 0 Å². The molecule has 37 heavy (non-hydrogen) atoms. The summed E-state index contributed by atoms with van der Waals surface area (Å²) in [5.74, 6) is 6.28. The van der Waals surface area contributed by atoms with Gasteiger partial charge in [-0.15, -0.1) is 0 Å². The van der Waals surface area contributed by atoms with Gasteiger partial charge in [-0.3, -0.25) is 0 Å². The first-order valence-electron chi connectivity index (χ1n) is 15.4. The molecule has 214 valence electrons. The summed E-state index contributed by atoms with van der Waals surface area (Å²) < 4.78 is 24.3. The molecule has 4 fully saturated rings. The van der Waals surface area contributed by atoms with Crippen LogP contribution in [0.15, 0.2) is 12.0 Å². The third-order valence-electron chi connectivity index (χ3n) is 11.7. The number of methoxy groups -OCH3 is 2. The molecule has 4 aliphatic rings. The van der Waals surface area contributed by atoms with Gasteiger partial charge in [-0.1, -0.05) is 47.5 Å². The second-order valence-electron chi connectivity index (χ2n) is 14.9. The molecular weight excluding hydrogens is 476 g/mol.